The molecule has 1 N–H and O–H groups in total. The Balaban J connectivity index is 0.00000272. The minimum absolute atomic E-state index is 0. The van der Waals surface area contributed by atoms with E-state index in [0.29, 0.717) is 11.8 Å². The van der Waals surface area contributed by atoms with Crippen LogP contribution in [0.15, 0.2) is 47.5 Å². The Morgan fingerprint density at radius 1 is 1.13 bits per heavy atom. The summed E-state index contributed by atoms with van der Waals surface area (Å²) >= 11 is 0. The summed E-state index contributed by atoms with van der Waals surface area (Å²) in [5.74, 6) is 4.52. The molecule has 2 atom stereocenters. The molecule has 1 saturated heterocycles. The van der Waals surface area contributed by atoms with E-state index >= 15 is 0 Å². The molecular weight excluding hydrogens is 505 g/mol. The number of rotatable bonds is 5. The Morgan fingerprint density at radius 3 is 2.58 bits per heavy atom. The molecule has 7 heteroatoms. The van der Waals surface area contributed by atoms with E-state index in [4.69, 9.17) is 14.2 Å². The zero-order valence-corrected chi connectivity index (χ0v) is 20.8. The maximum Gasteiger partial charge on any atom is 0.193 e. The molecule has 0 bridgehead atoms. The van der Waals surface area contributed by atoms with Crippen LogP contribution in [0.1, 0.15) is 35.8 Å². The number of halogens is 1. The van der Waals surface area contributed by atoms with Crippen LogP contribution < -0.4 is 19.5 Å². The van der Waals surface area contributed by atoms with Crippen LogP contribution in [0.2, 0.25) is 0 Å². The highest BCUT2D eigenvalue weighted by atomic mass is 127. The van der Waals surface area contributed by atoms with E-state index < -0.39 is 0 Å². The number of benzene rings is 2. The first kappa shape index (κ1) is 23.5. The van der Waals surface area contributed by atoms with Gasteiger partial charge in [0.25, 0.3) is 0 Å². The predicted molar refractivity (Wildman–Crippen MR) is 135 cm³/mol. The van der Waals surface area contributed by atoms with Gasteiger partial charge in [-0.15, -0.1) is 24.0 Å². The monoisotopic (exact) mass is 537 g/mol. The largest absolute Gasteiger partial charge is 0.497 e. The third-order valence-corrected chi connectivity index (χ3v) is 6.13. The number of fused-ring (bicyclic) bond motifs is 1. The minimum atomic E-state index is 0. The topological polar surface area (TPSA) is 55.3 Å². The fourth-order valence-corrected chi connectivity index (χ4v) is 4.46. The number of ether oxygens (including phenoxy) is 3. The quantitative estimate of drug-likeness (QED) is 0.351. The van der Waals surface area contributed by atoms with Gasteiger partial charge in [0.15, 0.2) is 5.96 Å². The number of para-hydroxylation sites is 1. The SMILES string of the molecule is CN=C(NCC1CCOc2ccccc21)N1CCC(c2cc(OC)cc(OC)c2)C1.I. The van der Waals surface area contributed by atoms with Crippen LogP contribution in [0.5, 0.6) is 17.2 Å². The van der Waals surface area contributed by atoms with Crippen molar-refractivity contribution >= 4 is 29.9 Å². The highest BCUT2D eigenvalue weighted by molar-refractivity contribution is 14.0. The Kier molecular flexibility index (Phi) is 8.28. The molecule has 0 saturated carbocycles. The number of nitrogens with one attached hydrogen (secondary N) is 1. The van der Waals surface area contributed by atoms with Gasteiger partial charge in [0.2, 0.25) is 0 Å². The maximum atomic E-state index is 5.80. The standard InChI is InChI=1S/C24H31N3O3.HI/c1-25-24(26-15-17-9-11-30-23-7-5-4-6-22(17)23)27-10-8-18(16-27)19-12-20(28-2)14-21(13-19)29-3;/h4-7,12-14,17-18H,8-11,15-16H2,1-3H3,(H,25,26);1H. The van der Waals surface area contributed by atoms with Gasteiger partial charge >= 0.3 is 0 Å². The number of likely N-dealkylation sites (tertiary alicyclic amines) is 1. The fraction of sp³-hybridized carbons (Fsp3) is 0.458. The molecule has 2 heterocycles. The number of nitrogens with zero attached hydrogens (tertiary/aromatic N) is 2. The average Bonchev–Trinajstić information content (AvgIpc) is 3.29. The molecule has 0 radical (unpaired) electrons. The third-order valence-electron chi connectivity index (χ3n) is 6.13. The van der Waals surface area contributed by atoms with Gasteiger partial charge in [0.1, 0.15) is 17.2 Å². The van der Waals surface area contributed by atoms with Crippen LogP contribution in [0.25, 0.3) is 0 Å². The van der Waals surface area contributed by atoms with E-state index in [-0.39, 0.29) is 24.0 Å². The number of guanidine groups is 1. The summed E-state index contributed by atoms with van der Waals surface area (Å²) in [5, 5.41) is 3.61. The molecule has 2 aliphatic rings. The lowest BCUT2D eigenvalue weighted by Gasteiger charge is -2.28. The average molecular weight is 537 g/mol. The van der Waals surface area contributed by atoms with Gasteiger partial charge in [0.05, 0.1) is 20.8 Å². The van der Waals surface area contributed by atoms with Gasteiger partial charge in [-0.1, -0.05) is 18.2 Å². The van der Waals surface area contributed by atoms with E-state index in [1.54, 1.807) is 14.2 Å². The Morgan fingerprint density at radius 2 is 1.87 bits per heavy atom. The normalized spacial score (nSPS) is 20.4. The lowest BCUT2D eigenvalue weighted by Crippen LogP contribution is -2.42. The van der Waals surface area contributed by atoms with Gasteiger partial charge in [-0.05, 0) is 42.2 Å². The van der Waals surface area contributed by atoms with Gasteiger partial charge in [-0.3, -0.25) is 4.99 Å². The van der Waals surface area contributed by atoms with Gasteiger partial charge in [-0.25, -0.2) is 0 Å². The molecule has 6 nitrogen and oxygen atoms in total. The Bertz CT molecular complexity index is 883. The van der Waals surface area contributed by atoms with E-state index in [0.717, 1.165) is 62.3 Å². The lowest BCUT2D eigenvalue weighted by atomic mass is 9.93. The van der Waals surface area contributed by atoms with Crippen molar-refractivity contribution in [2.75, 3.05) is 47.5 Å². The van der Waals surface area contributed by atoms with E-state index in [1.807, 2.05) is 19.2 Å². The number of methoxy groups -OCH3 is 2. The van der Waals surface area contributed by atoms with Crippen LogP contribution in [-0.4, -0.2) is 58.4 Å². The summed E-state index contributed by atoms with van der Waals surface area (Å²) in [4.78, 5) is 6.91. The highest BCUT2D eigenvalue weighted by Crippen LogP contribution is 2.34. The predicted octanol–water partition coefficient (Wildman–Crippen LogP) is 4.25. The highest BCUT2D eigenvalue weighted by Gasteiger charge is 2.28. The summed E-state index contributed by atoms with van der Waals surface area (Å²) in [7, 11) is 5.25. The second-order valence-electron chi connectivity index (χ2n) is 7.88. The molecule has 4 rings (SSSR count). The van der Waals surface area contributed by atoms with Gasteiger partial charge < -0.3 is 24.4 Å². The van der Waals surface area contributed by atoms with Crippen LogP contribution in [0.3, 0.4) is 0 Å². The second-order valence-corrected chi connectivity index (χ2v) is 7.88. The summed E-state index contributed by atoms with van der Waals surface area (Å²) in [6, 6.07) is 14.5. The lowest BCUT2D eigenvalue weighted by molar-refractivity contribution is 0.266. The first-order valence-corrected chi connectivity index (χ1v) is 10.6. The van der Waals surface area contributed by atoms with E-state index in [9.17, 15) is 0 Å². The van der Waals surface area contributed by atoms with Crippen molar-refractivity contribution in [2.24, 2.45) is 4.99 Å². The Labute approximate surface area is 202 Å². The second kappa shape index (κ2) is 10.9. The molecule has 2 aliphatic heterocycles. The Hall–Kier alpha value is -2.16. The summed E-state index contributed by atoms with van der Waals surface area (Å²) in [6.45, 7) is 3.54. The fourth-order valence-electron chi connectivity index (χ4n) is 4.46. The smallest absolute Gasteiger partial charge is 0.193 e. The van der Waals surface area contributed by atoms with Gasteiger partial charge in [0, 0.05) is 44.6 Å². The molecule has 2 unspecified atom stereocenters. The van der Waals surface area contributed by atoms with Gasteiger partial charge in [-0.2, -0.15) is 0 Å². The third kappa shape index (κ3) is 5.37. The molecule has 31 heavy (non-hydrogen) atoms. The maximum absolute atomic E-state index is 5.80. The molecule has 168 valence electrons. The molecule has 1 fully saturated rings. The van der Waals surface area contributed by atoms with Crippen molar-refractivity contribution < 1.29 is 14.2 Å². The molecule has 2 aromatic carbocycles. The molecule has 0 aromatic heterocycles. The molecule has 0 aliphatic carbocycles. The molecule has 0 amide bonds. The molecular formula is C24H32IN3O3. The van der Waals surface area contributed by atoms with E-state index in [1.165, 1.54) is 11.1 Å². The summed E-state index contributed by atoms with van der Waals surface area (Å²) in [6.07, 6.45) is 2.10. The minimum Gasteiger partial charge on any atom is -0.497 e. The van der Waals surface area contributed by atoms with Crippen molar-refractivity contribution in [3.05, 3.63) is 53.6 Å². The van der Waals surface area contributed by atoms with Crippen LogP contribution >= 0.6 is 24.0 Å². The molecule has 2 aromatic rings. The van der Waals surface area contributed by atoms with Crippen molar-refractivity contribution in [1.82, 2.24) is 10.2 Å². The number of hydrogen-bond donors (Lipinski definition) is 1. The van der Waals surface area contributed by atoms with Crippen LogP contribution in [-0.2, 0) is 0 Å². The van der Waals surface area contributed by atoms with Crippen molar-refractivity contribution in [3.63, 3.8) is 0 Å². The first-order chi connectivity index (χ1) is 14.7. The van der Waals surface area contributed by atoms with Crippen molar-refractivity contribution in [3.8, 4) is 17.2 Å². The zero-order chi connectivity index (χ0) is 20.9. The number of aliphatic imine (C=N–C) groups is 1. The zero-order valence-electron chi connectivity index (χ0n) is 18.5. The first-order valence-electron chi connectivity index (χ1n) is 10.6. The number of hydrogen-bond acceptors (Lipinski definition) is 4. The van der Waals surface area contributed by atoms with Crippen molar-refractivity contribution in [1.29, 1.82) is 0 Å². The van der Waals surface area contributed by atoms with E-state index in [2.05, 4.69) is 45.5 Å². The van der Waals surface area contributed by atoms with Crippen LogP contribution in [0, 0.1) is 0 Å². The molecule has 0 spiro atoms. The summed E-state index contributed by atoms with van der Waals surface area (Å²) in [5.41, 5.74) is 2.54. The summed E-state index contributed by atoms with van der Waals surface area (Å²) < 4.78 is 16.7. The van der Waals surface area contributed by atoms with Crippen molar-refractivity contribution in [2.45, 2.75) is 24.7 Å². The van der Waals surface area contributed by atoms with Crippen LogP contribution in [0.4, 0.5) is 0 Å².